The lowest BCUT2D eigenvalue weighted by atomic mass is 9.89. The molecule has 1 unspecified atom stereocenters. The van der Waals surface area contributed by atoms with Crippen LogP contribution in [0.3, 0.4) is 0 Å². The number of halogens is 1. The summed E-state index contributed by atoms with van der Waals surface area (Å²) in [6.07, 6.45) is 3.01. The van der Waals surface area contributed by atoms with Gasteiger partial charge in [-0.3, -0.25) is 14.2 Å². The lowest BCUT2D eigenvalue weighted by Crippen LogP contribution is -2.23. The van der Waals surface area contributed by atoms with Crippen LogP contribution in [0.25, 0.3) is 15.9 Å². The zero-order valence-electron chi connectivity index (χ0n) is 18.0. The van der Waals surface area contributed by atoms with Crippen LogP contribution in [-0.4, -0.2) is 21.2 Å². The Hall–Kier alpha value is -2.42. The van der Waals surface area contributed by atoms with Crippen LogP contribution >= 0.6 is 39.0 Å². The number of para-hydroxylation sites is 1. The maximum absolute atomic E-state index is 13.7. The number of thioether (sulfide) groups is 1. The molecule has 1 atom stereocenters. The maximum Gasteiger partial charge on any atom is 0.267 e. The first-order valence-electron chi connectivity index (χ1n) is 10.8. The number of rotatable bonds is 5. The molecule has 2 heterocycles. The van der Waals surface area contributed by atoms with Crippen molar-refractivity contribution in [2.24, 2.45) is 5.92 Å². The average molecular weight is 541 g/mol. The van der Waals surface area contributed by atoms with Gasteiger partial charge < -0.3 is 5.32 Å². The fraction of sp³-hybridized carbons (Fsp3) is 0.240. The van der Waals surface area contributed by atoms with E-state index in [2.05, 4.69) is 28.2 Å². The molecule has 168 valence electrons. The Kier molecular flexibility index (Phi) is 6.40. The summed E-state index contributed by atoms with van der Waals surface area (Å²) >= 11 is 6.31. The zero-order valence-corrected chi connectivity index (χ0v) is 21.2. The van der Waals surface area contributed by atoms with Gasteiger partial charge in [0.2, 0.25) is 5.91 Å². The van der Waals surface area contributed by atoms with Crippen molar-refractivity contribution >= 4 is 60.8 Å². The van der Waals surface area contributed by atoms with Crippen LogP contribution < -0.4 is 10.9 Å². The Morgan fingerprint density at radius 3 is 2.73 bits per heavy atom. The number of aromatic nitrogens is 2. The van der Waals surface area contributed by atoms with Crippen LogP contribution in [0.2, 0.25) is 0 Å². The first-order valence-corrected chi connectivity index (χ1v) is 13.4. The van der Waals surface area contributed by atoms with E-state index >= 15 is 0 Å². The number of nitrogens with zero attached hydrogens (tertiary/aromatic N) is 2. The minimum atomic E-state index is -0.143. The van der Waals surface area contributed by atoms with Gasteiger partial charge in [0.05, 0.1) is 16.8 Å². The van der Waals surface area contributed by atoms with Crippen molar-refractivity contribution in [3.63, 3.8) is 0 Å². The third kappa shape index (κ3) is 4.65. The molecule has 1 N–H and O–H groups in total. The van der Waals surface area contributed by atoms with Gasteiger partial charge >= 0.3 is 0 Å². The van der Waals surface area contributed by atoms with Crippen molar-refractivity contribution < 1.29 is 4.79 Å². The average Bonchev–Trinajstić information content (AvgIpc) is 3.17. The molecule has 5 rings (SSSR count). The van der Waals surface area contributed by atoms with Gasteiger partial charge in [0.1, 0.15) is 4.83 Å². The second-order valence-electron chi connectivity index (χ2n) is 8.25. The third-order valence-electron chi connectivity index (χ3n) is 5.77. The van der Waals surface area contributed by atoms with E-state index in [9.17, 15) is 9.59 Å². The van der Waals surface area contributed by atoms with E-state index in [-0.39, 0.29) is 17.2 Å². The van der Waals surface area contributed by atoms with Crippen LogP contribution in [0.4, 0.5) is 5.69 Å². The molecular weight excluding hydrogens is 518 g/mol. The molecule has 2 aromatic carbocycles. The molecule has 0 spiro atoms. The number of thiophene rings is 1. The number of hydrogen-bond acceptors (Lipinski definition) is 5. The molecule has 0 saturated carbocycles. The standard InChI is InChI=1S/C25H22BrN3O2S2/c1-15-7-12-19-20(13-15)33-23-22(19)24(31)29(18-5-3-2-4-6-18)25(28-23)32-14-21(30)27-17-10-8-16(26)9-11-17/h2-6,8-11,15H,7,12-14H2,1H3,(H,27,30). The smallest absolute Gasteiger partial charge is 0.267 e. The Balaban J connectivity index is 1.51. The van der Waals surface area contributed by atoms with Crippen LogP contribution in [0.15, 0.2) is 69.0 Å². The van der Waals surface area contributed by atoms with Gasteiger partial charge in [-0.25, -0.2) is 4.98 Å². The van der Waals surface area contributed by atoms with Gasteiger partial charge in [0.15, 0.2) is 5.16 Å². The monoisotopic (exact) mass is 539 g/mol. The summed E-state index contributed by atoms with van der Waals surface area (Å²) in [5.41, 5.74) is 2.61. The Morgan fingerprint density at radius 2 is 1.97 bits per heavy atom. The van der Waals surface area contributed by atoms with Gasteiger partial charge in [-0.15, -0.1) is 11.3 Å². The number of fused-ring (bicyclic) bond motifs is 3. The van der Waals surface area contributed by atoms with E-state index in [1.165, 1.54) is 22.2 Å². The molecule has 0 saturated heterocycles. The number of carbonyl (C=O) groups is 1. The molecule has 4 aromatic rings. The number of aryl methyl sites for hydroxylation is 1. The van der Waals surface area contributed by atoms with Gasteiger partial charge in [0, 0.05) is 15.0 Å². The molecule has 0 aliphatic heterocycles. The summed E-state index contributed by atoms with van der Waals surface area (Å²) in [6.45, 7) is 2.26. The molecule has 0 radical (unpaired) electrons. The van der Waals surface area contributed by atoms with E-state index in [0.717, 1.165) is 45.3 Å². The maximum atomic E-state index is 13.7. The largest absolute Gasteiger partial charge is 0.325 e. The van der Waals surface area contributed by atoms with Gasteiger partial charge in [0.25, 0.3) is 5.56 Å². The fourth-order valence-electron chi connectivity index (χ4n) is 4.13. The molecule has 1 aliphatic rings. The molecule has 2 aromatic heterocycles. The Bertz CT molecular complexity index is 1380. The van der Waals surface area contributed by atoms with Crippen LogP contribution in [0, 0.1) is 5.92 Å². The van der Waals surface area contributed by atoms with E-state index in [4.69, 9.17) is 4.98 Å². The first-order chi connectivity index (χ1) is 16.0. The summed E-state index contributed by atoms with van der Waals surface area (Å²) in [5, 5.41) is 4.18. The number of anilines is 1. The number of carbonyl (C=O) groups excluding carboxylic acids is 1. The summed E-state index contributed by atoms with van der Waals surface area (Å²) in [7, 11) is 0. The lowest BCUT2D eigenvalue weighted by molar-refractivity contribution is -0.113. The predicted octanol–water partition coefficient (Wildman–Crippen LogP) is 6.07. The highest BCUT2D eigenvalue weighted by Gasteiger charge is 2.25. The number of benzene rings is 2. The van der Waals surface area contributed by atoms with E-state index < -0.39 is 0 Å². The highest BCUT2D eigenvalue weighted by molar-refractivity contribution is 9.10. The van der Waals surface area contributed by atoms with E-state index in [1.807, 2.05) is 54.6 Å². The molecule has 1 amide bonds. The molecular formula is C25H22BrN3O2S2. The molecule has 0 fully saturated rings. The van der Waals surface area contributed by atoms with Gasteiger partial charge in [-0.1, -0.05) is 52.8 Å². The summed E-state index contributed by atoms with van der Waals surface area (Å²) in [6, 6.07) is 17.0. The second-order valence-corrected chi connectivity index (χ2v) is 11.2. The van der Waals surface area contributed by atoms with Crippen LogP contribution in [-0.2, 0) is 17.6 Å². The van der Waals surface area contributed by atoms with Crippen molar-refractivity contribution in [2.45, 2.75) is 31.3 Å². The minimum absolute atomic E-state index is 0.0472. The van der Waals surface area contributed by atoms with E-state index in [0.29, 0.717) is 11.1 Å². The molecule has 5 nitrogen and oxygen atoms in total. The van der Waals surface area contributed by atoms with Crippen molar-refractivity contribution in [1.82, 2.24) is 9.55 Å². The highest BCUT2D eigenvalue weighted by Crippen LogP contribution is 2.37. The molecule has 8 heteroatoms. The highest BCUT2D eigenvalue weighted by atomic mass is 79.9. The quantitative estimate of drug-likeness (QED) is 0.247. The summed E-state index contributed by atoms with van der Waals surface area (Å²) in [4.78, 5) is 33.3. The fourth-order valence-corrected chi connectivity index (χ4v) is 6.63. The summed E-state index contributed by atoms with van der Waals surface area (Å²) < 4.78 is 2.61. The Morgan fingerprint density at radius 1 is 1.21 bits per heavy atom. The molecule has 33 heavy (non-hydrogen) atoms. The SMILES string of the molecule is CC1CCc2c(sc3nc(SCC(=O)Nc4ccc(Br)cc4)n(-c4ccccc4)c(=O)c23)C1. The van der Waals surface area contributed by atoms with Crippen LogP contribution in [0.5, 0.6) is 0 Å². The van der Waals surface area contributed by atoms with Gasteiger partial charge in [-0.05, 0) is 67.1 Å². The van der Waals surface area contributed by atoms with Gasteiger partial charge in [-0.2, -0.15) is 0 Å². The lowest BCUT2D eigenvalue weighted by Gasteiger charge is -2.17. The number of nitrogens with one attached hydrogen (secondary N) is 1. The van der Waals surface area contributed by atoms with Crippen molar-refractivity contribution in [3.8, 4) is 5.69 Å². The van der Waals surface area contributed by atoms with Crippen molar-refractivity contribution in [1.29, 1.82) is 0 Å². The molecule has 1 aliphatic carbocycles. The topological polar surface area (TPSA) is 64.0 Å². The van der Waals surface area contributed by atoms with Crippen LogP contribution in [0.1, 0.15) is 23.8 Å². The zero-order chi connectivity index (χ0) is 22.9. The first kappa shape index (κ1) is 22.4. The third-order valence-corrected chi connectivity index (χ3v) is 8.39. The number of amides is 1. The predicted molar refractivity (Wildman–Crippen MR) is 140 cm³/mol. The summed E-state index contributed by atoms with van der Waals surface area (Å²) in [5.74, 6) is 0.636. The minimum Gasteiger partial charge on any atom is -0.325 e. The van der Waals surface area contributed by atoms with E-state index in [1.54, 1.807) is 15.9 Å². The Labute approximate surface area is 208 Å². The second kappa shape index (κ2) is 9.44. The molecule has 0 bridgehead atoms. The van der Waals surface area contributed by atoms with Crippen molar-refractivity contribution in [3.05, 3.63) is 79.9 Å². The van der Waals surface area contributed by atoms with Crippen molar-refractivity contribution in [2.75, 3.05) is 11.1 Å². The normalized spacial score (nSPS) is 15.4. The number of hydrogen-bond donors (Lipinski definition) is 1.